The van der Waals surface area contributed by atoms with Gasteiger partial charge in [0.1, 0.15) is 11.8 Å². The van der Waals surface area contributed by atoms with Gasteiger partial charge >= 0.3 is 5.97 Å². The molecule has 4 heteroatoms. The van der Waals surface area contributed by atoms with Crippen LogP contribution >= 0.6 is 0 Å². The molecule has 0 aromatic heterocycles. The topological polar surface area (TPSA) is 46.6 Å². The van der Waals surface area contributed by atoms with Crippen molar-refractivity contribution in [3.05, 3.63) is 71.8 Å². The molecule has 1 saturated carbocycles. The molecule has 0 bridgehead atoms. The van der Waals surface area contributed by atoms with Crippen LogP contribution in [0.2, 0.25) is 0 Å². The summed E-state index contributed by atoms with van der Waals surface area (Å²) >= 11 is 0. The fourth-order valence-electron chi connectivity index (χ4n) is 4.94. The molecule has 0 N–H and O–H groups in total. The van der Waals surface area contributed by atoms with Gasteiger partial charge in [-0.1, -0.05) is 60.7 Å². The molecule has 2 aliphatic rings. The van der Waals surface area contributed by atoms with Crippen LogP contribution in [0.4, 0.5) is 0 Å². The normalized spacial score (nSPS) is 28.0. The zero-order valence-corrected chi connectivity index (χ0v) is 15.6. The zero-order valence-electron chi connectivity index (χ0n) is 15.6. The third kappa shape index (κ3) is 3.42. The minimum Gasteiger partial charge on any atom is -0.468 e. The Labute approximate surface area is 160 Å². The van der Waals surface area contributed by atoms with Gasteiger partial charge in [0.15, 0.2) is 0 Å². The summed E-state index contributed by atoms with van der Waals surface area (Å²) in [6.45, 7) is 1.28. The monoisotopic (exact) mass is 363 g/mol. The number of benzene rings is 2. The Hall–Kier alpha value is -2.46. The molecule has 2 aromatic carbocycles. The average Bonchev–Trinajstić information content (AvgIpc) is 3.09. The van der Waals surface area contributed by atoms with Crippen molar-refractivity contribution < 1.29 is 14.3 Å². The fourth-order valence-corrected chi connectivity index (χ4v) is 4.94. The molecule has 140 valence electrons. The van der Waals surface area contributed by atoms with E-state index in [2.05, 4.69) is 29.2 Å². The Kier molecular flexibility index (Phi) is 5.08. The maximum Gasteiger partial charge on any atom is 0.323 e. The van der Waals surface area contributed by atoms with E-state index in [4.69, 9.17) is 4.74 Å². The van der Waals surface area contributed by atoms with Gasteiger partial charge in [0.2, 0.25) is 0 Å². The van der Waals surface area contributed by atoms with Crippen molar-refractivity contribution in [1.82, 2.24) is 4.90 Å². The molecular formula is C23H25NO3. The van der Waals surface area contributed by atoms with Gasteiger partial charge in [-0.25, -0.2) is 0 Å². The van der Waals surface area contributed by atoms with Crippen LogP contribution < -0.4 is 0 Å². The van der Waals surface area contributed by atoms with E-state index in [1.165, 1.54) is 12.7 Å². The lowest BCUT2D eigenvalue weighted by Gasteiger charge is -2.35. The molecule has 1 saturated heterocycles. The maximum atomic E-state index is 12.8. The van der Waals surface area contributed by atoms with Gasteiger partial charge in [0.05, 0.1) is 7.11 Å². The Balaban J connectivity index is 1.69. The number of ether oxygens (including phenoxy) is 1. The average molecular weight is 363 g/mol. The molecule has 4 rings (SSSR count). The number of esters is 1. The summed E-state index contributed by atoms with van der Waals surface area (Å²) in [6.07, 6.45) is 1.39. The molecule has 2 aromatic rings. The molecule has 0 spiro atoms. The van der Waals surface area contributed by atoms with Crippen LogP contribution in [-0.2, 0) is 20.9 Å². The lowest BCUT2D eigenvalue weighted by molar-refractivity contribution is -0.148. The smallest absolute Gasteiger partial charge is 0.323 e. The van der Waals surface area contributed by atoms with Crippen molar-refractivity contribution in [3.8, 4) is 0 Å². The molecule has 27 heavy (non-hydrogen) atoms. The van der Waals surface area contributed by atoms with Crippen LogP contribution in [0.15, 0.2) is 60.7 Å². The SMILES string of the molecule is COC(=O)C1C2C(CN1Cc1ccccc1)C(=O)CCC2c1ccccc1. The first-order chi connectivity index (χ1) is 13.2. The van der Waals surface area contributed by atoms with Crippen LogP contribution in [0.5, 0.6) is 0 Å². The third-order valence-electron chi connectivity index (χ3n) is 6.13. The number of hydrogen-bond acceptors (Lipinski definition) is 4. The Morgan fingerprint density at radius 1 is 1.04 bits per heavy atom. The molecule has 0 amide bonds. The first-order valence-electron chi connectivity index (χ1n) is 9.62. The summed E-state index contributed by atoms with van der Waals surface area (Å²) in [4.78, 5) is 27.7. The summed E-state index contributed by atoms with van der Waals surface area (Å²) < 4.78 is 5.18. The third-order valence-corrected chi connectivity index (χ3v) is 6.13. The van der Waals surface area contributed by atoms with E-state index < -0.39 is 0 Å². The van der Waals surface area contributed by atoms with E-state index in [9.17, 15) is 9.59 Å². The molecule has 2 fully saturated rings. The van der Waals surface area contributed by atoms with Crippen molar-refractivity contribution in [2.75, 3.05) is 13.7 Å². The van der Waals surface area contributed by atoms with Crippen molar-refractivity contribution in [1.29, 1.82) is 0 Å². The predicted molar refractivity (Wildman–Crippen MR) is 103 cm³/mol. The van der Waals surface area contributed by atoms with Gasteiger partial charge in [-0.05, 0) is 23.5 Å². The van der Waals surface area contributed by atoms with Gasteiger partial charge in [-0.3, -0.25) is 14.5 Å². The minimum absolute atomic E-state index is 0.0233. The second-order valence-corrected chi connectivity index (χ2v) is 7.59. The standard InChI is InChI=1S/C23H25NO3/c1-27-23(26)22-21-18(17-10-6-3-7-11-17)12-13-20(25)19(21)15-24(22)14-16-8-4-2-5-9-16/h2-11,18-19,21-22H,12-15H2,1H3. The largest absolute Gasteiger partial charge is 0.468 e. The summed E-state index contributed by atoms with van der Waals surface area (Å²) in [5.74, 6) is 0.145. The molecule has 1 aliphatic carbocycles. The van der Waals surface area contributed by atoms with Crippen LogP contribution in [0.1, 0.15) is 29.9 Å². The summed E-state index contributed by atoms with van der Waals surface area (Å²) in [5, 5.41) is 0. The second kappa shape index (κ2) is 7.65. The summed E-state index contributed by atoms with van der Waals surface area (Å²) in [5.41, 5.74) is 2.37. The first kappa shape index (κ1) is 17.9. The fraction of sp³-hybridized carbons (Fsp3) is 0.391. The summed E-state index contributed by atoms with van der Waals surface area (Å²) in [7, 11) is 1.44. The Morgan fingerprint density at radius 2 is 1.70 bits per heavy atom. The van der Waals surface area contributed by atoms with Gasteiger partial charge < -0.3 is 4.74 Å². The highest BCUT2D eigenvalue weighted by Crippen LogP contribution is 2.47. The van der Waals surface area contributed by atoms with E-state index in [0.717, 1.165) is 12.0 Å². The molecule has 0 radical (unpaired) electrons. The quantitative estimate of drug-likeness (QED) is 0.781. The number of hydrogen-bond donors (Lipinski definition) is 0. The van der Waals surface area contributed by atoms with Crippen molar-refractivity contribution in [3.63, 3.8) is 0 Å². The van der Waals surface area contributed by atoms with Crippen LogP contribution in [0.3, 0.4) is 0 Å². The molecular weight excluding hydrogens is 338 g/mol. The number of ketones is 1. The highest BCUT2D eigenvalue weighted by Gasteiger charge is 2.53. The van der Waals surface area contributed by atoms with E-state index in [1.54, 1.807) is 0 Å². The molecule has 4 atom stereocenters. The van der Waals surface area contributed by atoms with Gasteiger partial charge in [-0.2, -0.15) is 0 Å². The number of Topliss-reactive ketones (excluding diaryl/α,β-unsaturated/α-hetero) is 1. The van der Waals surface area contributed by atoms with Gasteiger partial charge in [0, 0.05) is 31.3 Å². The lowest BCUT2D eigenvalue weighted by atomic mass is 9.68. The van der Waals surface area contributed by atoms with E-state index in [-0.39, 0.29) is 35.5 Å². The molecule has 4 nitrogen and oxygen atoms in total. The highest BCUT2D eigenvalue weighted by molar-refractivity contribution is 5.86. The number of rotatable bonds is 4. The number of carbonyl (C=O) groups is 2. The Bertz CT molecular complexity index is 805. The van der Waals surface area contributed by atoms with Crippen molar-refractivity contribution in [2.45, 2.75) is 31.3 Å². The Morgan fingerprint density at radius 3 is 2.37 bits per heavy atom. The summed E-state index contributed by atoms with van der Waals surface area (Å²) in [6, 6.07) is 20.0. The number of likely N-dealkylation sites (tertiary alicyclic amines) is 1. The number of carbonyl (C=O) groups excluding carboxylic acids is 2. The molecule has 1 heterocycles. The number of methoxy groups -OCH3 is 1. The number of fused-ring (bicyclic) bond motifs is 1. The van der Waals surface area contributed by atoms with E-state index in [0.29, 0.717) is 19.5 Å². The first-order valence-corrected chi connectivity index (χ1v) is 9.62. The highest BCUT2D eigenvalue weighted by atomic mass is 16.5. The molecule has 4 unspecified atom stereocenters. The van der Waals surface area contributed by atoms with Crippen LogP contribution in [0.25, 0.3) is 0 Å². The van der Waals surface area contributed by atoms with E-state index in [1.807, 2.05) is 36.4 Å². The van der Waals surface area contributed by atoms with Crippen LogP contribution in [-0.4, -0.2) is 36.3 Å². The predicted octanol–water partition coefficient (Wildman–Crippen LogP) is 3.42. The van der Waals surface area contributed by atoms with Gasteiger partial charge in [-0.15, -0.1) is 0 Å². The second-order valence-electron chi connectivity index (χ2n) is 7.59. The lowest BCUT2D eigenvalue weighted by Crippen LogP contribution is -2.43. The van der Waals surface area contributed by atoms with Crippen molar-refractivity contribution >= 4 is 11.8 Å². The van der Waals surface area contributed by atoms with Gasteiger partial charge in [0.25, 0.3) is 0 Å². The maximum absolute atomic E-state index is 12.8. The van der Waals surface area contributed by atoms with Crippen molar-refractivity contribution in [2.24, 2.45) is 11.8 Å². The van der Waals surface area contributed by atoms with Crippen LogP contribution in [0, 0.1) is 11.8 Å². The minimum atomic E-state index is -0.380. The van der Waals surface area contributed by atoms with E-state index >= 15 is 0 Å². The zero-order chi connectivity index (χ0) is 18.8. The molecule has 1 aliphatic heterocycles. The number of nitrogens with zero attached hydrogens (tertiary/aromatic N) is 1.